The van der Waals surface area contributed by atoms with Gasteiger partial charge in [0.15, 0.2) is 6.10 Å². The molecule has 1 N–H and O–H groups in total. The van der Waals surface area contributed by atoms with Crippen LogP contribution in [0.15, 0.2) is 23.0 Å². The summed E-state index contributed by atoms with van der Waals surface area (Å²) in [4.78, 5) is 25.5. The molecule has 0 spiro atoms. The number of nitrogens with zero attached hydrogens (tertiary/aromatic N) is 2. The number of benzene rings is 1. The summed E-state index contributed by atoms with van der Waals surface area (Å²) in [6.07, 6.45) is -0.943. The van der Waals surface area contributed by atoms with Gasteiger partial charge in [-0.25, -0.2) is 0 Å². The molecule has 0 aliphatic rings. The zero-order valence-electron chi connectivity index (χ0n) is 16.5. The average Bonchev–Trinajstić information content (AvgIpc) is 2.62. The van der Waals surface area contributed by atoms with Crippen LogP contribution in [0.4, 0.5) is 0 Å². The van der Waals surface area contributed by atoms with Gasteiger partial charge >= 0.3 is 0 Å². The minimum Gasteiger partial charge on any atom is -0.494 e. The average molecular weight is 403 g/mol. The number of halogens is 1. The molecule has 0 radical (unpaired) electrons. The van der Waals surface area contributed by atoms with Crippen molar-refractivity contribution >= 4 is 17.4 Å². The first-order valence-electron chi connectivity index (χ1n) is 8.91. The lowest BCUT2D eigenvalue weighted by Gasteiger charge is -2.20. The number of hydrogen-bond acceptors (Lipinski definition) is 5. The third kappa shape index (κ3) is 4.20. The monoisotopic (exact) mass is 402 g/mol. The molecule has 1 atom stereocenters. The van der Waals surface area contributed by atoms with Gasteiger partial charge in [0.05, 0.1) is 5.56 Å². The van der Waals surface area contributed by atoms with Gasteiger partial charge in [-0.2, -0.15) is 5.26 Å². The van der Waals surface area contributed by atoms with Crippen molar-refractivity contribution in [1.29, 1.82) is 5.26 Å². The largest absolute Gasteiger partial charge is 0.494 e. The number of ketones is 1. The van der Waals surface area contributed by atoms with Crippen LogP contribution < -0.4 is 10.3 Å². The maximum atomic E-state index is 13.0. The molecule has 0 saturated heterocycles. The molecule has 1 aromatic carbocycles. The number of aromatic hydroxyl groups is 1. The van der Waals surface area contributed by atoms with Crippen LogP contribution in [-0.4, -0.2) is 21.6 Å². The van der Waals surface area contributed by atoms with Crippen molar-refractivity contribution in [3.05, 3.63) is 55.8 Å². The zero-order valence-corrected chi connectivity index (χ0v) is 17.3. The Labute approximate surface area is 168 Å². The quantitative estimate of drug-likeness (QED) is 0.737. The normalized spacial score (nSPS) is 11.9. The second kappa shape index (κ2) is 8.49. The summed E-state index contributed by atoms with van der Waals surface area (Å²) in [5.41, 5.74) is 0.115. The summed E-state index contributed by atoms with van der Waals surface area (Å²) >= 11 is 6.01. The standard InChI is InChI=1S/C21H23ClN2O4/c1-11(2)10-24-20(26)16(9-23)13(4)18(21(24)27)19(25)14(5)28-15-6-7-17(22)12(3)8-15/h6-8,11,14,27H,10H2,1-5H3. The summed E-state index contributed by atoms with van der Waals surface area (Å²) < 4.78 is 6.78. The number of nitriles is 1. The second-order valence-electron chi connectivity index (χ2n) is 7.16. The Kier molecular flexibility index (Phi) is 6.52. The number of aromatic nitrogens is 1. The molecule has 148 valence electrons. The maximum Gasteiger partial charge on any atom is 0.271 e. The number of hydrogen-bond donors (Lipinski definition) is 1. The van der Waals surface area contributed by atoms with Crippen molar-refractivity contribution in [2.24, 2.45) is 5.92 Å². The van der Waals surface area contributed by atoms with E-state index in [1.807, 2.05) is 26.8 Å². The van der Waals surface area contributed by atoms with Crippen LogP contribution in [0.25, 0.3) is 0 Å². The Morgan fingerprint density at radius 3 is 2.50 bits per heavy atom. The first-order chi connectivity index (χ1) is 13.1. The second-order valence-corrected chi connectivity index (χ2v) is 7.56. The van der Waals surface area contributed by atoms with E-state index in [4.69, 9.17) is 16.3 Å². The van der Waals surface area contributed by atoms with Crippen LogP contribution in [0.5, 0.6) is 11.6 Å². The number of rotatable bonds is 6. The van der Waals surface area contributed by atoms with Gasteiger partial charge in [0.2, 0.25) is 11.7 Å². The number of carbonyl (C=O) groups is 1. The van der Waals surface area contributed by atoms with Gasteiger partial charge in [-0.1, -0.05) is 25.4 Å². The molecular formula is C21H23ClN2O4. The summed E-state index contributed by atoms with van der Waals surface area (Å²) in [7, 11) is 0. The van der Waals surface area contributed by atoms with E-state index in [9.17, 15) is 20.0 Å². The van der Waals surface area contributed by atoms with E-state index >= 15 is 0 Å². The molecule has 0 aliphatic carbocycles. The van der Waals surface area contributed by atoms with E-state index in [0.717, 1.165) is 10.1 Å². The highest BCUT2D eigenvalue weighted by atomic mass is 35.5. The molecule has 7 heteroatoms. The molecule has 0 fully saturated rings. The van der Waals surface area contributed by atoms with E-state index < -0.39 is 23.3 Å². The molecule has 6 nitrogen and oxygen atoms in total. The number of ether oxygens (including phenoxy) is 1. The molecule has 0 aliphatic heterocycles. The Hall–Kier alpha value is -2.78. The molecule has 2 aromatic rings. The van der Waals surface area contributed by atoms with Crippen molar-refractivity contribution in [2.75, 3.05) is 0 Å². The Balaban J connectivity index is 2.50. The number of carbonyl (C=O) groups excluding carboxylic acids is 1. The SMILES string of the molecule is Cc1cc(OC(C)C(=O)c2c(C)c(C#N)c(=O)n(CC(C)C)c2O)ccc1Cl. The van der Waals surface area contributed by atoms with E-state index in [2.05, 4.69) is 0 Å². The Morgan fingerprint density at radius 2 is 1.96 bits per heavy atom. The van der Waals surface area contributed by atoms with Crippen molar-refractivity contribution in [3.8, 4) is 17.7 Å². The summed E-state index contributed by atoms with van der Waals surface area (Å²) in [6, 6.07) is 6.87. The van der Waals surface area contributed by atoms with E-state index in [0.29, 0.717) is 10.8 Å². The first kappa shape index (κ1) is 21.5. The smallest absolute Gasteiger partial charge is 0.271 e. The lowest BCUT2D eigenvalue weighted by atomic mass is 9.99. The van der Waals surface area contributed by atoms with Crippen molar-refractivity contribution < 1.29 is 14.6 Å². The number of pyridine rings is 1. The minimum atomic E-state index is -0.943. The van der Waals surface area contributed by atoms with Gasteiger partial charge in [-0.05, 0) is 56.0 Å². The van der Waals surface area contributed by atoms with Crippen LogP contribution >= 0.6 is 11.6 Å². The summed E-state index contributed by atoms with van der Waals surface area (Å²) in [6.45, 7) is 8.77. The van der Waals surface area contributed by atoms with Gasteiger partial charge in [-0.15, -0.1) is 0 Å². The predicted octanol–water partition coefficient (Wildman–Crippen LogP) is 4.00. The van der Waals surface area contributed by atoms with Crippen molar-refractivity contribution in [1.82, 2.24) is 4.57 Å². The molecule has 2 rings (SSSR count). The molecule has 28 heavy (non-hydrogen) atoms. The molecule has 0 saturated carbocycles. The lowest BCUT2D eigenvalue weighted by Crippen LogP contribution is -2.31. The number of aryl methyl sites for hydroxylation is 1. The lowest BCUT2D eigenvalue weighted by molar-refractivity contribution is 0.0812. The highest BCUT2D eigenvalue weighted by molar-refractivity contribution is 6.31. The fourth-order valence-electron chi connectivity index (χ4n) is 2.93. The van der Waals surface area contributed by atoms with Gasteiger partial charge in [0.25, 0.3) is 5.56 Å². The van der Waals surface area contributed by atoms with Crippen LogP contribution in [0.2, 0.25) is 5.02 Å². The van der Waals surface area contributed by atoms with Gasteiger partial charge in [-0.3, -0.25) is 14.2 Å². The molecule has 0 amide bonds. The van der Waals surface area contributed by atoms with E-state index in [1.54, 1.807) is 25.1 Å². The van der Waals surface area contributed by atoms with Gasteiger partial charge in [0.1, 0.15) is 17.4 Å². The van der Waals surface area contributed by atoms with Crippen molar-refractivity contribution in [3.63, 3.8) is 0 Å². The van der Waals surface area contributed by atoms with Crippen LogP contribution in [0.1, 0.15) is 47.8 Å². The zero-order chi connectivity index (χ0) is 21.2. The third-order valence-corrected chi connectivity index (χ3v) is 4.83. The Morgan fingerprint density at radius 1 is 1.32 bits per heavy atom. The van der Waals surface area contributed by atoms with Gasteiger partial charge < -0.3 is 9.84 Å². The number of Topliss-reactive ketones (excluding diaryl/α,β-unsaturated/α-hetero) is 1. The first-order valence-corrected chi connectivity index (χ1v) is 9.29. The van der Waals surface area contributed by atoms with Crippen molar-refractivity contribution in [2.45, 2.75) is 47.3 Å². The third-order valence-electron chi connectivity index (χ3n) is 4.41. The van der Waals surface area contributed by atoms with Gasteiger partial charge in [0, 0.05) is 11.6 Å². The molecular weight excluding hydrogens is 380 g/mol. The Bertz CT molecular complexity index is 1020. The van der Waals surface area contributed by atoms with Crippen LogP contribution in [-0.2, 0) is 6.54 Å². The predicted molar refractivity (Wildman–Crippen MR) is 107 cm³/mol. The van der Waals surface area contributed by atoms with Crippen LogP contribution in [0, 0.1) is 31.1 Å². The maximum absolute atomic E-state index is 13.0. The highest BCUT2D eigenvalue weighted by Crippen LogP contribution is 2.27. The molecule has 0 bridgehead atoms. The fraction of sp³-hybridized carbons (Fsp3) is 0.381. The van der Waals surface area contributed by atoms with E-state index in [-0.39, 0.29) is 29.2 Å². The molecule has 1 heterocycles. The van der Waals surface area contributed by atoms with E-state index in [1.165, 1.54) is 6.92 Å². The fourth-order valence-corrected chi connectivity index (χ4v) is 3.05. The highest BCUT2D eigenvalue weighted by Gasteiger charge is 2.28. The minimum absolute atomic E-state index is 0.0338. The topological polar surface area (TPSA) is 92.3 Å². The molecule has 1 aromatic heterocycles. The van der Waals surface area contributed by atoms with Crippen LogP contribution in [0.3, 0.4) is 0 Å². The summed E-state index contributed by atoms with van der Waals surface area (Å²) in [5.74, 6) is -0.470. The molecule has 1 unspecified atom stereocenters. The summed E-state index contributed by atoms with van der Waals surface area (Å²) in [5, 5.41) is 20.6.